The number of nitrogens with zero attached hydrogens (tertiary/aromatic N) is 3. The van der Waals surface area contributed by atoms with Gasteiger partial charge in [0.1, 0.15) is 17.8 Å². The summed E-state index contributed by atoms with van der Waals surface area (Å²) in [7, 11) is 0. The maximum atomic E-state index is 12.1. The first kappa shape index (κ1) is 15.8. The quantitative estimate of drug-likeness (QED) is 0.875. The van der Waals surface area contributed by atoms with Crippen molar-refractivity contribution in [3.05, 3.63) is 12.2 Å². The van der Waals surface area contributed by atoms with Crippen molar-refractivity contribution in [1.29, 1.82) is 0 Å². The lowest BCUT2D eigenvalue weighted by atomic mass is 10.1. The number of amides is 1. The Morgan fingerprint density at radius 3 is 3.05 bits per heavy atom. The van der Waals surface area contributed by atoms with Crippen LogP contribution in [0.5, 0.6) is 0 Å². The van der Waals surface area contributed by atoms with E-state index >= 15 is 0 Å². The lowest BCUT2D eigenvalue weighted by Gasteiger charge is -2.34. The molecule has 0 saturated carbocycles. The number of ether oxygens (including phenoxy) is 1. The number of likely N-dealkylation sites (tertiary alicyclic amines) is 1. The minimum absolute atomic E-state index is 0.218. The molecule has 0 radical (unpaired) electrons. The smallest absolute Gasteiger partial charge is 0.410 e. The molecule has 2 heterocycles. The first-order chi connectivity index (χ1) is 9.94. The number of hydrogen-bond acceptors (Lipinski definition) is 5. The molecule has 1 saturated heterocycles. The Labute approximate surface area is 125 Å². The Kier molecular flexibility index (Phi) is 5.17. The summed E-state index contributed by atoms with van der Waals surface area (Å²) in [4.78, 5) is 18.0. The summed E-state index contributed by atoms with van der Waals surface area (Å²) < 4.78 is 5.42. The van der Waals surface area contributed by atoms with Crippen LogP contribution >= 0.6 is 0 Å². The summed E-state index contributed by atoms with van der Waals surface area (Å²) in [6.07, 6.45) is 4.18. The van der Waals surface area contributed by atoms with E-state index in [2.05, 4.69) is 20.5 Å². The molecule has 1 aliphatic heterocycles. The molecule has 7 heteroatoms. The van der Waals surface area contributed by atoms with Crippen molar-refractivity contribution in [2.75, 3.05) is 19.6 Å². The Hall–Kier alpha value is -1.63. The highest BCUT2D eigenvalue weighted by Crippen LogP contribution is 2.15. The van der Waals surface area contributed by atoms with Gasteiger partial charge in [0.15, 0.2) is 0 Å². The van der Waals surface area contributed by atoms with Crippen LogP contribution in [0.15, 0.2) is 6.33 Å². The van der Waals surface area contributed by atoms with E-state index in [0.29, 0.717) is 12.6 Å². The van der Waals surface area contributed by atoms with Crippen LogP contribution in [0.25, 0.3) is 0 Å². The highest BCUT2D eigenvalue weighted by molar-refractivity contribution is 5.68. The van der Waals surface area contributed by atoms with Crippen molar-refractivity contribution in [3.63, 3.8) is 0 Å². The molecule has 0 bridgehead atoms. The van der Waals surface area contributed by atoms with E-state index < -0.39 is 5.60 Å². The number of piperidine rings is 1. The van der Waals surface area contributed by atoms with Crippen LogP contribution in [0, 0.1) is 0 Å². The van der Waals surface area contributed by atoms with Gasteiger partial charge in [0.05, 0.1) is 0 Å². The van der Waals surface area contributed by atoms with Gasteiger partial charge >= 0.3 is 6.09 Å². The maximum absolute atomic E-state index is 12.1. The normalized spacial score (nSPS) is 19.6. The fourth-order valence-electron chi connectivity index (χ4n) is 2.38. The second-order valence-electron chi connectivity index (χ2n) is 6.40. The van der Waals surface area contributed by atoms with Crippen LogP contribution in [0.2, 0.25) is 0 Å². The topological polar surface area (TPSA) is 83.1 Å². The molecule has 0 spiro atoms. The average molecular weight is 295 g/mol. The lowest BCUT2D eigenvalue weighted by Crippen LogP contribution is -2.49. The molecule has 1 unspecified atom stereocenters. The minimum Gasteiger partial charge on any atom is -0.444 e. The van der Waals surface area contributed by atoms with Crippen molar-refractivity contribution in [2.24, 2.45) is 0 Å². The van der Waals surface area contributed by atoms with Crippen LogP contribution in [-0.2, 0) is 11.2 Å². The van der Waals surface area contributed by atoms with E-state index in [1.165, 1.54) is 6.33 Å². The average Bonchev–Trinajstić information content (AvgIpc) is 2.90. The maximum Gasteiger partial charge on any atom is 0.410 e. The number of H-pyrrole nitrogens is 1. The summed E-state index contributed by atoms with van der Waals surface area (Å²) in [5, 5.41) is 10.1. The minimum atomic E-state index is -0.441. The fourth-order valence-corrected chi connectivity index (χ4v) is 2.38. The molecule has 21 heavy (non-hydrogen) atoms. The molecule has 7 nitrogen and oxygen atoms in total. The molecule has 1 amide bonds. The molecule has 1 aliphatic rings. The first-order valence-corrected chi connectivity index (χ1v) is 7.49. The van der Waals surface area contributed by atoms with Gasteiger partial charge in [-0.3, -0.25) is 5.10 Å². The number of nitrogens with one attached hydrogen (secondary N) is 2. The van der Waals surface area contributed by atoms with Gasteiger partial charge in [0.2, 0.25) is 0 Å². The van der Waals surface area contributed by atoms with Gasteiger partial charge in [-0.05, 0) is 33.6 Å². The van der Waals surface area contributed by atoms with E-state index in [4.69, 9.17) is 4.74 Å². The molecule has 1 atom stereocenters. The largest absolute Gasteiger partial charge is 0.444 e. The first-order valence-electron chi connectivity index (χ1n) is 7.49. The third kappa shape index (κ3) is 5.34. The molecule has 0 aromatic carbocycles. The third-order valence-electron chi connectivity index (χ3n) is 3.33. The van der Waals surface area contributed by atoms with Crippen LogP contribution in [0.1, 0.15) is 39.4 Å². The van der Waals surface area contributed by atoms with Crippen molar-refractivity contribution >= 4 is 6.09 Å². The number of aromatic nitrogens is 3. The molecule has 118 valence electrons. The molecule has 1 aromatic rings. The van der Waals surface area contributed by atoms with E-state index in [1.807, 2.05) is 20.8 Å². The summed E-state index contributed by atoms with van der Waals surface area (Å²) in [6.45, 7) is 7.97. The summed E-state index contributed by atoms with van der Waals surface area (Å²) in [5.41, 5.74) is -0.441. The van der Waals surface area contributed by atoms with Crippen LogP contribution in [0.4, 0.5) is 4.79 Å². The number of carbonyl (C=O) groups excluding carboxylic acids is 1. The molecule has 2 rings (SSSR count). The third-order valence-corrected chi connectivity index (χ3v) is 3.33. The highest BCUT2D eigenvalue weighted by Gasteiger charge is 2.27. The Bertz CT molecular complexity index is 441. The van der Waals surface area contributed by atoms with Gasteiger partial charge in [-0.2, -0.15) is 5.10 Å². The van der Waals surface area contributed by atoms with Gasteiger partial charge in [0.25, 0.3) is 0 Å². The second-order valence-corrected chi connectivity index (χ2v) is 6.40. The van der Waals surface area contributed by atoms with Crippen molar-refractivity contribution in [3.8, 4) is 0 Å². The van der Waals surface area contributed by atoms with Gasteiger partial charge in [-0.1, -0.05) is 0 Å². The fraction of sp³-hybridized carbons (Fsp3) is 0.786. The zero-order valence-electron chi connectivity index (χ0n) is 13.1. The van der Waals surface area contributed by atoms with Crippen LogP contribution < -0.4 is 5.32 Å². The van der Waals surface area contributed by atoms with E-state index in [9.17, 15) is 4.79 Å². The van der Waals surface area contributed by atoms with Crippen LogP contribution in [-0.4, -0.2) is 57.5 Å². The summed E-state index contributed by atoms with van der Waals surface area (Å²) >= 11 is 0. The number of hydrogen-bond donors (Lipinski definition) is 2. The Morgan fingerprint density at radius 1 is 1.57 bits per heavy atom. The lowest BCUT2D eigenvalue weighted by molar-refractivity contribution is 0.0188. The monoisotopic (exact) mass is 295 g/mol. The summed E-state index contributed by atoms with van der Waals surface area (Å²) in [5.74, 6) is 0.877. The standard InChI is InChI=1S/C14H25N5O2/c1-14(2,3)21-13(20)19-8-4-5-11(9-19)15-7-6-12-16-10-17-18-12/h10-11,15H,4-9H2,1-3H3,(H,16,17,18). The second kappa shape index (κ2) is 6.89. The molecular formula is C14H25N5O2. The zero-order chi connectivity index (χ0) is 15.3. The van der Waals surface area contributed by atoms with Gasteiger partial charge in [0, 0.05) is 32.1 Å². The Balaban J connectivity index is 1.74. The van der Waals surface area contributed by atoms with Gasteiger partial charge in [-0.25, -0.2) is 9.78 Å². The van der Waals surface area contributed by atoms with E-state index in [0.717, 1.165) is 38.2 Å². The van der Waals surface area contributed by atoms with Crippen LogP contribution in [0.3, 0.4) is 0 Å². The van der Waals surface area contributed by atoms with Crippen molar-refractivity contribution < 1.29 is 9.53 Å². The molecule has 0 aliphatic carbocycles. The number of rotatable bonds is 4. The SMILES string of the molecule is CC(C)(C)OC(=O)N1CCCC(NCCc2ncn[nH]2)C1. The van der Waals surface area contributed by atoms with E-state index in [1.54, 1.807) is 4.90 Å². The predicted octanol–water partition coefficient (Wildman–Crippen LogP) is 1.34. The molecular weight excluding hydrogens is 270 g/mol. The van der Waals surface area contributed by atoms with Crippen molar-refractivity contribution in [1.82, 2.24) is 25.4 Å². The number of aromatic amines is 1. The molecule has 1 aromatic heterocycles. The number of carbonyl (C=O) groups is 1. The molecule has 1 fully saturated rings. The predicted molar refractivity (Wildman–Crippen MR) is 78.9 cm³/mol. The zero-order valence-corrected chi connectivity index (χ0v) is 13.1. The summed E-state index contributed by atoms with van der Waals surface area (Å²) in [6, 6.07) is 0.314. The molecule has 2 N–H and O–H groups in total. The highest BCUT2D eigenvalue weighted by atomic mass is 16.6. The Morgan fingerprint density at radius 2 is 2.38 bits per heavy atom. The van der Waals surface area contributed by atoms with Gasteiger partial charge in [-0.15, -0.1) is 0 Å². The van der Waals surface area contributed by atoms with Gasteiger partial charge < -0.3 is 15.0 Å². The van der Waals surface area contributed by atoms with Crippen molar-refractivity contribution in [2.45, 2.75) is 51.7 Å². The van der Waals surface area contributed by atoms with E-state index in [-0.39, 0.29) is 6.09 Å².